The summed E-state index contributed by atoms with van der Waals surface area (Å²) >= 11 is 0. The number of methoxy groups -OCH3 is 1. The minimum atomic E-state index is -0.763. The van der Waals surface area contributed by atoms with Gasteiger partial charge in [-0.3, -0.25) is 9.59 Å². The number of amides is 1. The van der Waals surface area contributed by atoms with E-state index in [2.05, 4.69) is 0 Å². The number of ether oxygens (including phenoxy) is 1. The number of carbonyl (C=O) groups excluding carboxylic acids is 1. The molecule has 0 radical (unpaired) electrons. The minimum absolute atomic E-state index is 0.0224. The maximum absolute atomic E-state index is 12.5. The van der Waals surface area contributed by atoms with E-state index in [0.717, 1.165) is 16.7 Å². The molecule has 1 saturated heterocycles. The van der Waals surface area contributed by atoms with Crippen LogP contribution in [0, 0.1) is 5.92 Å². The van der Waals surface area contributed by atoms with Crippen molar-refractivity contribution in [2.45, 2.75) is 19.4 Å². The zero-order valence-electron chi connectivity index (χ0n) is 13.1. The van der Waals surface area contributed by atoms with Gasteiger partial charge in [-0.25, -0.2) is 0 Å². The van der Waals surface area contributed by atoms with Crippen LogP contribution in [0.25, 0.3) is 10.9 Å². The summed E-state index contributed by atoms with van der Waals surface area (Å²) in [7, 11) is 1.63. The Kier molecular flexibility index (Phi) is 4.23. The van der Waals surface area contributed by atoms with E-state index in [9.17, 15) is 9.59 Å². The third-order valence-corrected chi connectivity index (χ3v) is 4.50. The lowest BCUT2D eigenvalue weighted by molar-refractivity contribution is -0.145. The molecule has 0 spiro atoms. The monoisotopic (exact) mass is 316 g/mol. The molecule has 1 N–H and O–H groups in total. The van der Waals surface area contributed by atoms with Crippen LogP contribution in [-0.4, -0.2) is 46.6 Å². The number of rotatable bonds is 4. The number of aromatic nitrogens is 1. The second-order valence-corrected chi connectivity index (χ2v) is 5.83. The fraction of sp³-hybridized carbons (Fsp3) is 0.412. The Morgan fingerprint density at radius 3 is 2.65 bits per heavy atom. The lowest BCUT2D eigenvalue weighted by Gasteiger charge is -2.30. The quantitative estimate of drug-likeness (QED) is 0.936. The molecular formula is C17H20N2O4. The molecule has 122 valence electrons. The van der Waals surface area contributed by atoms with E-state index in [4.69, 9.17) is 9.84 Å². The van der Waals surface area contributed by atoms with Crippen molar-refractivity contribution >= 4 is 22.8 Å². The maximum Gasteiger partial charge on any atom is 0.306 e. The molecule has 0 atom stereocenters. The molecule has 1 aliphatic heterocycles. The second kappa shape index (κ2) is 6.32. The smallest absolute Gasteiger partial charge is 0.306 e. The molecule has 23 heavy (non-hydrogen) atoms. The molecule has 1 amide bonds. The number of hydrogen-bond donors (Lipinski definition) is 1. The standard InChI is InChI=1S/C17H20N2O4/c1-23-15-4-2-3-14-13(15)7-10-19(14)11-16(20)18-8-5-12(6-9-18)17(21)22/h2-4,7,10,12H,5-6,8-9,11H2,1H3,(H,21,22). The summed E-state index contributed by atoms with van der Waals surface area (Å²) in [4.78, 5) is 25.2. The summed E-state index contributed by atoms with van der Waals surface area (Å²) in [6.45, 7) is 1.28. The Hall–Kier alpha value is -2.50. The number of likely N-dealkylation sites (tertiary alicyclic amines) is 1. The van der Waals surface area contributed by atoms with Crippen LogP contribution in [0.5, 0.6) is 5.75 Å². The van der Waals surface area contributed by atoms with E-state index in [1.54, 1.807) is 12.0 Å². The molecule has 0 saturated carbocycles. The zero-order chi connectivity index (χ0) is 16.4. The fourth-order valence-corrected chi connectivity index (χ4v) is 3.13. The molecule has 3 rings (SSSR count). The average molecular weight is 316 g/mol. The third-order valence-electron chi connectivity index (χ3n) is 4.50. The number of carboxylic acids is 1. The van der Waals surface area contributed by atoms with E-state index >= 15 is 0 Å². The summed E-state index contributed by atoms with van der Waals surface area (Å²) in [6.07, 6.45) is 2.94. The number of hydrogen-bond acceptors (Lipinski definition) is 3. The minimum Gasteiger partial charge on any atom is -0.496 e. The molecule has 0 unspecified atom stereocenters. The van der Waals surface area contributed by atoms with Gasteiger partial charge in [-0.2, -0.15) is 0 Å². The molecular weight excluding hydrogens is 296 g/mol. The molecule has 6 heteroatoms. The van der Waals surface area contributed by atoms with Crippen molar-refractivity contribution in [3.63, 3.8) is 0 Å². The first-order valence-corrected chi connectivity index (χ1v) is 7.72. The highest BCUT2D eigenvalue weighted by atomic mass is 16.5. The van der Waals surface area contributed by atoms with Crippen LogP contribution in [0.3, 0.4) is 0 Å². The van der Waals surface area contributed by atoms with E-state index in [0.29, 0.717) is 25.9 Å². The first-order valence-electron chi connectivity index (χ1n) is 7.72. The number of benzene rings is 1. The number of carboxylic acid groups (broad SMARTS) is 1. The van der Waals surface area contributed by atoms with E-state index in [1.807, 2.05) is 35.0 Å². The van der Waals surface area contributed by atoms with E-state index < -0.39 is 5.97 Å². The first-order chi connectivity index (χ1) is 11.1. The molecule has 6 nitrogen and oxygen atoms in total. The predicted octanol–water partition coefficient (Wildman–Crippen LogP) is 1.97. The van der Waals surface area contributed by atoms with Gasteiger partial charge >= 0.3 is 5.97 Å². The van der Waals surface area contributed by atoms with Crippen molar-refractivity contribution in [1.29, 1.82) is 0 Å². The van der Waals surface area contributed by atoms with E-state index in [1.165, 1.54) is 0 Å². The van der Waals surface area contributed by atoms with Gasteiger partial charge in [-0.1, -0.05) is 6.07 Å². The summed E-state index contributed by atoms with van der Waals surface area (Å²) in [6, 6.07) is 7.70. The van der Waals surface area contributed by atoms with Crippen molar-refractivity contribution in [2.75, 3.05) is 20.2 Å². The Bertz CT molecular complexity index is 729. The number of carbonyl (C=O) groups is 2. The summed E-state index contributed by atoms with van der Waals surface area (Å²) in [5.41, 5.74) is 0.957. The van der Waals surface area contributed by atoms with Crippen molar-refractivity contribution in [2.24, 2.45) is 5.92 Å². The lowest BCUT2D eigenvalue weighted by atomic mass is 9.97. The van der Waals surface area contributed by atoms with Crippen molar-refractivity contribution < 1.29 is 19.4 Å². The van der Waals surface area contributed by atoms with Crippen LogP contribution in [0.1, 0.15) is 12.8 Å². The van der Waals surface area contributed by atoms with Crippen LogP contribution in [0.2, 0.25) is 0 Å². The fourth-order valence-electron chi connectivity index (χ4n) is 3.13. The van der Waals surface area contributed by atoms with Gasteiger partial charge in [0.1, 0.15) is 12.3 Å². The second-order valence-electron chi connectivity index (χ2n) is 5.83. The highest BCUT2D eigenvalue weighted by Crippen LogP contribution is 2.26. The van der Waals surface area contributed by atoms with Crippen LogP contribution < -0.4 is 4.74 Å². The molecule has 0 bridgehead atoms. The SMILES string of the molecule is COc1cccc2c1ccn2CC(=O)N1CCC(C(=O)O)CC1. The number of nitrogens with zero attached hydrogens (tertiary/aromatic N) is 2. The van der Waals surface area contributed by atoms with Gasteiger partial charge < -0.3 is 19.3 Å². The maximum atomic E-state index is 12.5. The molecule has 1 fully saturated rings. The normalized spacial score (nSPS) is 15.8. The van der Waals surface area contributed by atoms with E-state index in [-0.39, 0.29) is 18.4 Å². The van der Waals surface area contributed by atoms with Gasteiger partial charge in [0.2, 0.25) is 5.91 Å². The van der Waals surface area contributed by atoms with Crippen molar-refractivity contribution in [3.05, 3.63) is 30.5 Å². The zero-order valence-corrected chi connectivity index (χ0v) is 13.1. The Morgan fingerprint density at radius 2 is 2.00 bits per heavy atom. The van der Waals surface area contributed by atoms with Crippen molar-refractivity contribution in [1.82, 2.24) is 9.47 Å². The van der Waals surface area contributed by atoms with Gasteiger partial charge in [0.25, 0.3) is 0 Å². The van der Waals surface area contributed by atoms with Crippen molar-refractivity contribution in [3.8, 4) is 5.75 Å². The van der Waals surface area contributed by atoms with Gasteiger partial charge in [0, 0.05) is 24.7 Å². The topological polar surface area (TPSA) is 71.8 Å². The van der Waals surface area contributed by atoms with Crippen LogP contribution in [-0.2, 0) is 16.1 Å². The Morgan fingerprint density at radius 1 is 1.26 bits per heavy atom. The lowest BCUT2D eigenvalue weighted by Crippen LogP contribution is -2.41. The van der Waals surface area contributed by atoms with Crippen LogP contribution >= 0.6 is 0 Å². The highest BCUT2D eigenvalue weighted by molar-refractivity contribution is 5.88. The number of piperidine rings is 1. The van der Waals surface area contributed by atoms with Crippen LogP contribution in [0.15, 0.2) is 30.5 Å². The van der Waals surface area contributed by atoms with Gasteiger partial charge in [-0.15, -0.1) is 0 Å². The molecule has 1 aliphatic rings. The molecule has 0 aliphatic carbocycles. The summed E-state index contributed by atoms with van der Waals surface area (Å²) in [5, 5.41) is 10.00. The Labute approximate surface area is 134 Å². The predicted molar refractivity (Wildman–Crippen MR) is 85.4 cm³/mol. The number of fused-ring (bicyclic) bond motifs is 1. The average Bonchev–Trinajstić information content (AvgIpc) is 2.98. The van der Waals surface area contributed by atoms with Gasteiger partial charge in [0.05, 0.1) is 18.5 Å². The molecule has 1 aromatic heterocycles. The van der Waals surface area contributed by atoms with Gasteiger partial charge in [0.15, 0.2) is 0 Å². The van der Waals surface area contributed by atoms with Gasteiger partial charge in [-0.05, 0) is 31.0 Å². The molecule has 2 aromatic rings. The number of aliphatic carboxylic acids is 1. The first kappa shape index (κ1) is 15.4. The Balaban J connectivity index is 1.70. The summed E-state index contributed by atoms with van der Waals surface area (Å²) < 4.78 is 7.24. The van der Waals surface area contributed by atoms with Crippen LogP contribution in [0.4, 0.5) is 0 Å². The molecule has 2 heterocycles. The summed E-state index contributed by atoms with van der Waals surface area (Å²) in [5.74, 6) is -0.276. The largest absolute Gasteiger partial charge is 0.496 e. The highest BCUT2D eigenvalue weighted by Gasteiger charge is 2.27. The third kappa shape index (κ3) is 3.02. The molecule has 1 aromatic carbocycles.